The van der Waals surface area contributed by atoms with E-state index in [1.807, 2.05) is 6.92 Å². The molecular weight excluding hydrogens is 522 g/mol. The van der Waals surface area contributed by atoms with Crippen LogP contribution >= 0.6 is 11.8 Å². The highest BCUT2D eigenvalue weighted by Crippen LogP contribution is 2.42. The van der Waals surface area contributed by atoms with Crippen LogP contribution in [0.25, 0.3) is 0 Å². The highest BCUT2D eigenvalue weighted by molar-refractivity contribution is 8.05. The summed E-state index contributed by atoms with van der Waals surface area (Å²) in [4.78, 5) is 28.7. The summed E-state index contributed by atoms with van der Waals surface area (Å²) in [7, 11) is 1.51. The minimum atomic E-state index is -0.612. The van der Waals surface area contributed by atoms with Gasteiger partial charge in [-0.25, -0.2) is 0 Å². The van der Waals surface area contributed by atoms with Gasteiger partial charge < -0.3 is 14.8 Å². The summed E-state index contributed by atoms with van der Waals surface area (Å²) in [5, 5.41) is 12.7. The number of carbonyl (C=O) groups excluding carboxylic acids is 2. The second kappa shape index (κ2) is 13.7. The number of nitriles is 1. The Morgan fingerprint density at radius 2 is 1.73 bits per heavy atom. The molecule has 206 valence electrons. The predicted molar refractivity (Wildman–Crippen MR) is 159 cm³/mol. The summed E-state index contributed by atoms with van der Waals surface area (Å²) in [5.41, 5.74) is 3.15. The molecule has 1 aliphatic rings. The van der Waals surface area contributed by atoms with Gasteiger partial charge in [0.15, 0.2) is 0 Å². The third kappa shape index (κ3) is 6.67. The molecule has 1 atom stereocenters. The van der Waals surface area contributed by atoms with Crippen molar-refractivity contribution < 1.29 is 19.1 Å². The second-order valence-corrected chi connectivity index (χ2v) is 10.5. The van der Waals surface area contributed by atoms with E-state index in [0.29, 0.717) is 40.9 Å². The molecule has 1 N–H and O–H groups in total. The van der Waals surface area contributed by atoms with Gasteiger partial charge in [-0.15, -0.1) is 0 Å². The number of methoxy groups -OCH3 is 1. The molecule has 0 saturated carbocycles. The van der Waals surface area contributed by atoms with Crippen molar-refractivity contribution >= 4 is 35.0 Å². The Kier molecular flexibility index (Phi) is 9.87. The van der Waals surface area contributed by atoms with Gasteiger partial charge in [0.2, 0.25) is 5.91 Å². The summed E-state index contributed by atoms with van der Waals surface area (Å²) in [6, 6.07) is 24.4. The number of unbranched alkanes of at least 4 members (excludes halogenated alkanes) is 1. The number of benzene rings is 3. The molecule has 0 aliphatic carbocycles. The average Bonchev–Trinajstić information content (AvgIpc) is 3.28. The van der Waals surface area contributed by atoms with Crippen LogP contribution in [0, 0.1) is 11.3 Å². The van der Waals surface area contributed by atoms with Crippen LogP contribution in [0.3, 0.4) is 0 Å². The maximum atomic E-state index is 13.8. The van der Waals surface area contributed by atoms with Gasteiger partial charge in [-0.1, -0.05) is 61.5 Å². The zero-order valence-electron chi connectivity index (χ0n) is 23.0. The molecule has 0 radical (unpaired) electrons. The van der Waals surface area contributed by atoms with Crippen LogP contribution in [0.5, 0.6) is 11.5 Å². The largest absolute Gasteiger partial charge is 0.495 e. The molecule has 7 nitrogen and oxygen atoms in total. The highest BCUT2D eigenvalue weighted by atomic mass is 32.2. The Labute approximate surface area is 239 Å². The smallest absolute Gasteiger partial charge is 0.269 e. The van der Waals surface area contributed by atoms with Gasteiger partial charge in [0, 0.05) is 5.69 Å². The minimum Gasteiger partial charge on any atom is -0.495 e. The zero-order valence-corrected chi connectivity index (χ0v) is 23.8. The number of hydrogen-bond acceptors (Lipinski definition) is 6. The zero-order chi connectivity index (χ0) is 28.5. The fourth-order valence-corrected chi connectivity index (χ4v) is 5.76. The second-order valence-electron chi connectivity index (χ2n) is 9.28. The number of ether oxygens (including phenoxy) is 2. The fourth-order valence-electron chi connectivity index (χ4n) is 4.45. The molecule has 1 fully saturated rings. The van der Waals surface area contributed by atoms with Crippen molar-refractivity contribution in [3.8, 4) is 17.6 Å². The number of nitrogens with zero attached hydrogens (tertiary/aromatic N) is 2. The van der Waals surface area contributed by atoms with Gasteiger partial charge in [0.1, 0.15) is 28.2 Å². The number of hydrogen-bond donors (Lipinski definition) is 1. The van der Waals surface area contributed by atoms with Crippen LogP contribution in [0.2, 0.25) is 0 Å². The van der Waals surface area contributed by atoms with E-state index in [-0.39, 0.29) is 11.5 Å². The van der Waals surface area contributed by atoms with E-state index in [4.69, 9.17) is 9.47 Å². The number of nitrogens with one attached hydrogen (secondary N) is 1. The van der Waals surface area contributed by atoms with Crippen LogP contribution in [0.4, 0.5) is 11.4 Å². The number of anilines is 2. The third-order valence-electron chi connectivity index (χ3n) is 6.53. The molecule has 1 unspecified atom stereocenters. The van der Waals surface area contributed by atoms with E-state index in [1.165, 1.54) is 29.3 Å². The Hall–Kier alpha value is -4.22. The Morgan fingerprint density at radius 1 is 1.02 bits per heavy atom. The Morgan fingerprint density at radius 3 is 2.38 bits per heavy atom. The van der Waals surface area contributed by atoms with E-state index in [0.717, 1.165) is 24.8 Å². The molecule has 1 heterocycles. The SMILES string of the molecule is CCCCc1ccc(CC2S/C(=C(/C#N)C(=O)Nc3ccccc3OC)N(c3ccc(OCC)cc3)C2=O)cc1. The van der Waals surface area contributed by atoms with Crippen LogP contribution in [-0.2, 0) is 22.4 Å². The standard InChI is InChI=1S/C32H33N3O4S/c1-4-6-9-22-12-14-23(15-13-22)20-29-31(37)35(24-16-18-25(19-17-24)39-5-2)32(40-29)26(21-33)30(36)34-27-10-7-8-11-28(27)38-3/h7-8,10-19,29H,4-6,9,20H2,1-3H3,(H,34,36)/b32-26-. The van der Waals surface area contributed by atoms with Gasteiger partial charge in [-0.2, -0.15) is 5.26 Å². The summed E-state index contributed by atoms with van der Waals surface area (Å²) < 4.78 is 10.9. The number of thioether (sulfide) groups is 1. The molecule has 8 heteroatoms. The lowest BCUT2D eigenvalue weighted by molar-refractivity contribution is -0.117. The molecule has 3 aromatic rings. The summed E-state index contributed by atoms with van der Waals surface area (Å²) in [5.74, 6) is 0.346. The molecule has 1 saturated heterocycles. The number of rotatable bonds is 11. The first-order chi connectivity index (χ1) is 19.5. The first kappa shape index (κ1) is 28.8. The topological polar surface area (TPSA) is 91.7 Å². The molecule has 40 heavy (non-hydrogen) atoms. The third-order valence-corrected chi connectivity index (χ3v) is 7.79. The molecular formula is C32H33N3O4S. The molecule has 0 aromatic heterocycles. The maximum absolute atomic E-state index is 13.8. The quantitative estimate of drug-likeness (QED) is 0.214. The van der Waals surface area contributed by atoms with Crippen molar-refractivity contribution in [3.05, 3.63) is 94.5 Å². The van der Waals surface area contributed by atoms with Crippen LogP contribution in [-0.4, -0.2) is 30.8 Å². The summed E-state index contributed by atoms with van der Waals surface area (Å²) >= 11 is 1.24. The van der Waals surface area contributed by atoms with Crippen LogP contribution < -0.4 is 19.7 Å². The molecule has 1 aliphatic heterocycles. The van der Waals surface area contributed by atoms with E-state index in [9.17, 15) is 14.9 Å². The van der Waals surface area contributed by atoms with Crippen molar-refractivity contribution in [3.63, 3.8) is 0 Å². The van der Waals surface area contributed by atoms with E-state index >= 15 is 0 Å². The number of para-hydroxylation sites is 2. The molecule has 2 amide bonds. The predicted octanol–water partition coefficient (Wildman–Crippen LogP) is 6.50. The van der Waals surface area contributed by atoms with Crippen LogP contribution in [0.15, 0.2) is 83.4 Å². The lowest BCUT2D eigenvalue weighted by Crippen LogP contribution is -2.31. The van der Waals surface area contributed by atoms with Gasteiger partial charge in [-0.3, -0.25) is 14.5 Å². The Balaban J connectivity index is 1.67. The van der Waals surface area contributed by atoms with E-state index in [1.54, 1.807) is 48.5 Å². The molecule has 4 rings (SSSR count). The van der Waals surface area contributed by atoms with Crippen molar-refractivity contribution in [2.24, 2.45) is 0 Å². The highest BCUT2D eigenvalue weighted by Gasteiger charge is 2.41. The number of carbonyl (C=O) groups is 2. The molecule has 0 spiro atoms. The lowest BCUT2D eigenvalue weighted by atomic mass is 10.0. The summed E-state index contributed by atoms with van der Waals surface area (Å²) in [6.45, 7) is 4.59. The van der Waals surface area contributed by atoms with Gasteiger partial charge >= 0.3 is 0 Å². The minimum absolute atomic E-state index is 0.143. The van der Waals surface area contributed by atoms with E-state index in [2.05, 4.69) is 42.6 Å². The van der Waals surface area contributed by atoms with Crippen molar-refractivity contribution in [2.75, 3.05) is 23.9 Å². The monoisotopic (exact) mass is 555 g/mol. The first-order valence-electron chi connectivity index (χ1n) is 13.4. The average molecular weight is 556 g/mol. The van der Waals surface area contributed by atoms with Crippen LogP contribution in [0.1, 0.15) is 37.8 Å². The van der Waals surface area contributed by atoms with Gasteiger partial charge in [-0.05, 0) is 73.7 Å². The van der Waals surface area contributed by atoms with Crippen molar-refractivity contribution in [2.45, 2.75) is 44.8 Å². The lowest BCUT2D eigenvalue weighted by Gasteiger charge is -2.19. The van der Waals surface area contributed by atoms with E-state index < -0.39 is 11.2 Å². The van der Waals surface area contributed by atoms with Gasteiger partial charge in [0.05, 0.1) is 24.7 Å². The fraction of sp³-hybridized carbons (Fsp3) is 0.281. The first-order valence-corrected chi connectivity index (χ1v) is 14.3. The molecule has 3 aromatic carbocycles. The van der Waals surface area contributed by atoms with Crippen molar-refractivity contribution in [1.82, 2.24) is 0 Å². The van der Waals surface area contributed by atoms with Crippen molar-refractivity contribution in [1.29, 1.82) is 5.26 Å². The maximum Gasteiger partial charge on any atom is 0.269 e. The number of amides is 2. The Bertz CT molecular complexity index is 1410. The number of aryl methyl sites for hydroxylation is 1. The summed E-state index contributed by atoms with van der Waals surface area (Å²) in [6.07, 6.45) is 3.77. The molecule has 0 bridgehead atoms. The normalized spacial score (nSPS) is 15.9. The van der Waals surface area contributed by atoms with Gasteiger partial charge in [0.25, 0.3) is 5.91 Å².